The molecule has 16 heavy (non-hydrogen) atoms. The Hall–Kier alpha value is -1.35. The quantitative estimate of drug-likeness (QED) is 0.832. The molecule has 0 fully saturated rings. The van der Waals surface area contributed by atoms with Gasteiger partial charge < -0.3 is 5.32 Å². The van der Waals surface area contributed by atoms with E-state index in [1.165, 1.54) is 6.07 Å². The summed E-state index contributed by atoms with van der Waals surface area (Å²) in [5.74, 6) is -0.415. The molecule has 3 N–H and O–H groups in total. The maximum absolute atomic E-state index is 11.9. The lowest BCUT2D eigenvalue weighted by Crippen LogP contribution is -2.24. The number of halogens is 3. The Balaban J connectivity index is 2.97. The molecule has 1 aromatic heterocycles. The highest BCUT2D eigenvalue weighted by Crippen LogP contribution is 2.19. The fourth-order valence-corrected chi connectivity index (χ4v) is 1.60. The summed E-state index contributed by atoms with van der Waals surface area (Å²) in [5, 5.41) is 6.67. The van der Waals surface area contributed by atoms with Crippen LogP contribution in [0.5, 0.6) is 0 Å². The molecule has 1 aromatic rings. The molecule has 1 rings (SSSR count). The van der Waals surface area contributed by atoms with Crippen molar-refractivity contribution < 1.29 is 21.6 Å². The lowest BCUT2D eigenvalue weighted by atomic mass is 10.4. The summed E-state index contributed by atoms with van der Waals surface area (Å²) in [5.41, 5.74) is 0. The summed E-state index contributed by atoms with van der Waals surface area (Å²) in [6, 6.07) is 2.33. The van der Waals surface area contributed by atoms with E-state index in [0.717, 1.165) is 12.3 Å². The molecule has 0 aliphatic rings. The van der Waals surface area contributed by atoms with Gasteiger partial charge in [0, 0.05) is 6.20 Å². The van der Waals surface area contributed by atoms with Gasteiger partial charge in [-0.3, -0.25) is 0 Å². The molecule has 0 aliphatic heterocycles. The number of hydrogen-bond acceptors (Lipinski definition) is 4. The Morgan fingerprint density at radius 1 is 1.44 bits per heavy atom. The van der Waals surface area contributed by atoms with Crippen LogP contribution in [0.1, 0.15) is 0 Å². The molecule has 0 saturated heterocycles. The number of nitrogens with two attached hydrogens (primary N) is 1. The predicted molar refractivity (Wildman–Crippen MR) is 50.2 cm³/mol. The van der Waals surface area contributed by atoms with Crippen LogP contribution in [0.15, 0.2) is 23.2 Å². The second-order valence-electron chi connectivity index (χ2n) is 2.86. The van der Waals surface area contributed by atoms with Gasteiger partial charge in [-0.25, -0.2) is 18.5 Å². The molecule has 0 aliphatic carbocycles. The number of primary sulfonamides is 1. The predicted octanol–water partition coefficient (Wildman–Crippen LogP) is 0.703. The van der Waals surface area contributed by atoms with Gasteiger partial charge in [0.2, 0.25) is 10.0 Å². The Bertz CT molecular complexity index is 472. The second-order valence-corrected chi connectivity index (χ2v) is 4.39. The molecule has 0 amide bonds. The van der Waals surface area contributed by atoms with Gasteiger partial charge in [-0.05, 0) is 12.1 Å². The Kier molecular flexibility index (Phi) is 3.38. The van der Waals surface area contributed by atoms with E-state index in [1.807, 2.05) is 5.32 Å². The highest BCUT2D eigenvalue weighted by Gasteiger charge is 2.28. The third kappa shape index (κ3) is 3.66. The van der Waals surface area contributed by atoms with Crippen molar-refractivity contribution >= 4 is 15.8 Å². The van der Waals surface area contributed by atoms with Crippen LogP contribution in [-0.4, -0.2) is 26.1 Å². The Labute approximate surface area is 89.5 Å². The Morgan fingerprint density at radius 2 is 2.06 bits per heavy atom. The Morgan fingerprint density at radius 3 is 2.56 bits per heavy atom. The number of hydrogen-bond donors (Lipinski definition) is 2. The summed E-state index contributed by atoms with van der Waals surface area (Å²) in [6.07, 6.45) is -3.31. The topological polar surface area (TPSA) is 85.1 Å². The maximum atomic E-state index is 11.9. The van der Waals surface area contributed by atoms with Gasteiger partial charge in [0.05, 0.1) is 0 Å². The largest absolute Gasteiger partial charge is 0.405 e. The highest BCUT2D eigenvalue weighted by molar-refractivity contribution is 7.89. The first-order valence-electron chi connectivity index (χ1n) is 3.98. The van der Waals surface area contributed by atoms with Crippen molar-refractivity contribution in [2.75, 3.05) is 11.9 Å². The summed E-state index contributed by atoms with van der Waals surface area (Å²) < 4.78 is 57.7. The van der Waals surface area contributed by atoms with E-state index in [0.29, 0.717) is 0 Å². The number of rotatable bonds is 3. The molecule has 0 radical (unpaired) electrons. The van der Waals surface area contributed by atoms with Gasteiger partial charge in [-0.2, -0.15) is 13.2 Å². The van der Waals surface area contributed by atoms with E-state index in [9.17, 15) is 21.6 Å². The average Bonchev–Trinajstić information content (AvgIpc) is 2.12. The first-order valence-corrected chi connectivity index (χ1v) is 5.53. The maximum Gasteiger partial charge on any atom is 0.405 e. The number of nitrogens with one attached hydrogen (secondary N) is 1. The minimum atomic E-state index is -4.47. The SMILES string of the molecule is NS(=O)(=O)c1cccnc1NCC(F)(F)F. The smallest absolute Gasteiger partial charge is 0.360 e. The van der Waals surface area contributed by atoms with E-state index < -0.39 is 33.5 Å². The fraction of sp³-hybridized carbons (Fsp3) is 0.286. The van der Waals surface area contributed by atoms with Crippen LogP contribution in [0.3, 0.4) is 0 Å². The van der Waals surface area contributed by atoms with Gasteiger partial charge in [-0.15, -0.1) is 0 Å². The lowest BCUT2D eigenvalue weighted by Gasteiger charge is -2.11. The molecule has 0 spiro atoms. The molecule has 90 valence electrons. The van der Waals surface area contributed by atoms with Crippen LogP contribution in [0.4, 0.5) is 19.0 Å². The number of nitrogens with zero attached hydrogens (tertiary/aromatic N) is 1. The van der Waals surface area contributed by atoms with Crippen molar-refractivity contribution in [3.05, 3.63) is 18.3 Å². The van der Waals surface area contributed by atoms with E-state index in [-0.39, 0.29) is 0 Å². The molecule has 0 saturated carbocycles. The van der Waals surface area contributed by atoms with Gasteiger partial charge in [-0.1, -0.05) is 0 Å². The van der Waals surface area contributed by atoms with Crippen molar-refractivity contribution in [3.8, 4) is 0 Å². The molecule has 0 unspecified atom stereocenters. The van der Waals surface area contributed by atoms with Gasteiger partial charge in [0.1, 0.15) is 17.3 Å². The van der Waals surface area contributed by atoms with E-state index in [2.05, 4.69) is 4.98 Å². The third-order valence-electron chi connectivity index (χ3n) is 1.53. The van der Waals surface area contributed by atoms with E-state index in [4.69, 9.17) is 5.14 Å². The summed E-state index contributed by atoms with van der Waals surface area (Å²) >= 11 is 0. The standard InChI is InChI=1S/C7H8F3N3O2S/c8-7(9,10)4-13-6-5(16(11,14)15)2-1-3-12-6/h1-3H,4H2,(H,12,13)(H2,11,14,15). The number of alkyl halides is 3. The summed E-state index contributed by atoms with van der Waals surface area (Å²) in [6.45, 7) is -1.38. The summed E-state index contributed by atoms with van der Waals surface area (Å²) in [4.78, 5) is 3.01. The van der Waals surface area contributed by atoms with Gasteiger partial charge in [0.15, 0.2) is 0 Å². The van der Waals surface area contributed by atoms with Gasteiger partial charge >= 0.3 is 6.18 Å². The van der Waals surface area contributed by atoms with Crippen LogP contribution in [0, 0.1) is 0 Å². The van der Waals surface area contributed by atoms with Crippen molar-refractivity contribution in [1.82, 2.24) is 4.98 Å². The lowest BCUT2D eigenvalue weighted by molar-refractivity contribution is -0.115. The van der Waals surface area contributed by atoms with Crippen LogP contribution in [-0.2, 0) is 10.0 Å². The van der Waals surface area contributed by atoms with Crippen molar-refractivity contribution in [3.63, 3.8) is 0 Å². The van der Waals surface area contributed by atoms with Gasteiger partial charge in [0.25, 0.3) is 0 Å². The van der Waals surface area contributed by atoms with Crippen LogP contribution < -0.4 is 10.5 Å². The first-order chi connectivity index (χ1) is 7.20. The zero-order chi connectivity index (χ0) is 12.4. The minimum absolute atomic E-state index is 0.415. The highest BCUT2D eigenvalue weighted by atomic mass is 32.2. The van der Waals surface area contributed by atoms with Crippen LogP contribution in [0.2, 0.25) is 0 Å². The molecule has 5 nitrogen and oxygen atoms in total. The zero-order valence-corrected chi connectivity index (χ0v) is 8.64. The zero-order valence-electron chi connectivity index (χ0n) is 7.82. The average molecular weight is 255 g/mol. The third-order valence-corrected chi connectivity index (χ3v) is 2.48. The molecule has 0 bridgehead atoms. The molecular weight excluding hydrogens is 247 g/mol. The molecule has 0 aromatic carbocycles. The van der Waals surface area contributed by atoms with E-state index in [1.54, 1.807) is 0 Å². The minimum Gasteiger partial charge on any atom is -0.360 e. The molecular formula is C7H8F3N3O2S. The first kappa shape index (κ1) is 12.7. The number of aromatic nitrogens is 1. The summed E-state index contributed by atoms with van der Waals surface area (Å²) in [7, 11) is -4.09. The molecule has 1 heterocycles. The van der Waals surface area contributed by atoms with Crippen molar-refractivity contribution in [2.45, 2.75) is 11.1 Å². The van der Waals surface area contributed by atoms with Crippen LogP contribution in [0.25, 0.3) is 0 Å². The van der Waals surface area contributed by atoms with Crippen molar-refractivity contribution in [2.24, 2.45) is 5.14 Å². The van der Waals surface area contributed by atoms with E-state index >= 15 is 0 Å². The monoisotopic (exact) mass is 255 g/mol. The fourth-order valence-electron chi connectivity index (χ4n) is 0.937. The molecule has 9 heteroatoms. The number of anilines is 1. The normalized spacial score (nSPS) is 12.5. The van der Waals surface area contributed by atoms with Crippen molar-refractivity contribution in [1.29, 1.82) is 0 Å². The number of sulfonamides is 1. The van der Waals surface area contributed by atoms with Crippen LogP contribution >= 0.6 is 0 Å². The molecule has 0 atom stereocenters. The number of pyridine rings is 1. The second kappa shape index (κ2) is 4.26.